The third-order valence-corrected chi connectivity index (χ3v) is 6.13. The Balaban J connectivity index is 1.58. The van der Waals surface area contributed by atoms with Crippen molar-refractivity contribution >= 4 is 11.9 Å². The molecule has 0 saturated heterocycles. The summed E-state index contributed by atoms with van der Waals surface area (Å²) in [5, 5.41) is 0. The lowest BCUT2D eigenvalue weighted by Gasteiger charge is -2.55. The van der Waals surface area contributed by atoms with Crippen LogP contribution >= 0.6 is 0 Å². The number of alkyl halides is 6. The Morgan fingerprint density at radius 2 is 1.21 bits per heavy atom. The number of rotatable bonds is 7. The quantitative estimate of drug-likeness (QED) is 0.461. The Hall–Kier alpha value is -1.48. The Morgan fingerprint density at radius 3 is 1.61 bits per heavy atom. The summed E-state index contributed by atoms with van der Waals surface area (Å²) in [5.41, 5.74) is -0.892. The summed E-state index contributed by atoms with van der Waals surface area (Å²) < 4.78 is 88.6. The fraction of sp³-hybridized carbons (Fsp3) is 0.889. The van der Waals surface area contributed by atoms with Crippen LogP contribution in [0, 0.1) is 23.2 Å². The van der Waals surface area contributed by atoms with Crippen LogP contribution in [0.5, 0.6) is 0 Å². The molecule has 0 aliphatic heterocycles. The van der Waals surface area contributed by atoms with Gasteiger partial charge in [0.1, 0.15) is 0 Å². The summed E-state index contributed by atoms with van der Waals surface area (Å²) in [4.78, 5) is 23.3. The molecule has 4 aliphatic rings. The lowest BCUT2D eigenvalue weighted by molar-refractivity contribution is -0.254. The number of esters is 2. The Morgan fingerprint density at radius 1 is 0.821 bits per heavy atom. The summed E-state index contributed by atoms with van der Waals surface area (Å²) in [7, 11) is 0. The first kappa shape index (κ1) is 21.2. The first-order valence-electron chi connectivity index (χ1n) is 9.22. The smallest absolute Gasteiger partial charge is 0.376 e. The molecule has 4 rings (SSSR count). The van der Waals surface area contributed by atoms with Crippen LogP contribution in [0.15, 0.2) is 0 Å². The molecular weight excluding hydrogens is 394 g/mol. The van der Waals surface area contributed by atoms with E-state index >= 15 is 0 Å². The largest absolute Gasteiger partial charge is 0.459 e. The van der Waals surface area contributed by atoms with Gasteiger partial charge in [-0.15, -0.1) is 0 Å². The number of hydrogen-bond donors (Lipinski definition) is 0. The number of ether oxygens (including phenoxy) is 2. The van der Waals surface area contributed by atoms with Crippen molar-refractivity contribution in [2.75, 3.05) is 13.2 Å². The van der Waals surface area contributed by atoms with Gasteiger partial charge in [0.05, 0.1) is 5.41 Å². The maximum atomic E-state index is 13.9. The molecule has 0 heterocycles. The third kappa shape index (κ3) is 3.96. The van der Waals surface area contributed by atoms with Crippen LogP contribution in [0.2, 0.25) is 0 Å². The van der Waals surface area contributed by atoms with E-state index < -0.39 is 48.3 Å². The molecule has 4 aliphatic carbocycles. The molecule has 0 amide bonds. The van der Waals surface area contributed by atoms with Crippen molar-refractivity contribution in [2.45, 2.75) is 63.2 Å². The minimum absolute atomic E-state index is 0.0961. The fourth-order valence-corrected chi connectivity index (χ4v) is 5.16. The number of halogens is 6. The van der Waals surface area contributed by atoms with Crippen molar-refractivity contribution in [3.63, 3.8) is 0 Å². The molecule has 0 unspecified atom stereocenters. The first-order valence-corrected chi connectivity index (χ1v) is 9.22. The van der Waals surface area contributed by atoms with E-state index in [9.17, 15) is 35.9 Å². The standard InChI is InChI=1S/C18H22F6O4/c1-15(19,20)13(25)27-8-17(21,22)18(23,24)9-28-14(26)16-5-10-2-11(6-16)4-12(3-10)7-16/h10-12H,2-9H2,1H3. The van der Waals surface area contributed by atoms with Crippen LogP contribution in [-0.2, 0) is 19.1 Å². The third-order valence-electron chi connectivity index (χ3n) is 6.13. The van der Waals surface area contributed by atoms with Gasteiger partial charge in [0, 0.05) is 6.92 Å². The molecule has 4 nitrogen and oxygen atoms in total. The Bertz CT molecular complexity index is 607. The molecule has 0 aromatic rings. The van der Waals surface area contributed by atoms with E-state index in [1.165, 1.54) is 0 Å². The summed E-state index contributed by atoms with van der Waals surface area (Å²) in [6, 6.07) is 0. The van der Waals surface area contributed by atoms with Gasteiger partial charge < -0.3 is 9.47 Å². The van der Waals surface area contributed by atoms with Gasteiger partial charge >= 0.3 is 29.7 Å². The van der Waals surface area contributed by atoms with Crippen molar-refractivity contribution in [3.05, 3.63) is 0 Å². The average Bonchev–Trinajstić information content (AvgIpc) is 2.55. The van der Waals surface area contributed by atoms with Gasteiger partial charge in [0.2, 0.25) is 0 Å². The van der Waals surface area contributed by atoms with Gasteiger partial charge in [0.25, 0.3) is 0 Å². The van der Waals surface area contributed by atoms with Gasteiger partial charge in [-0.2, -0.15) is 26.3 Å². The van der Waals surface area contributed by atoms with Crippen molar-refractivity contribution in [3.8, 4) is 0 Å². The summed E-state index contributed by atoms with van der Waals surface area (Å²) in [6.07, 6.45) is 4.53. The van der Waals surface area contributed by atoms with Crippen LogP contribution in [0.3, 0.4) is 0 Å². The summed E-state index contributed by atoms with van der Waals surface area (Å²) >= 11 is 0. The number of carbonyl (C=O) groups excluding carboxylic acids is 2. The molecule has 0 atom stereocenters. The SMILES string of the molecule is CC(F)(F)C(=O)OCC(F)(F)C(F)(F)COC(=O)C12CC3CC(CC(C3)C1)C2. The first-order chi connectivity index (χ1) is 12.7. The van der Waals surface area contributed by atoms with Gasteiger partial charge in [0.15, 0.2) is 13.2 Å². The monoisotopic (exact) mass is 416 g/mol. The van der Waals surface area contributed by atoms with Gasteiger partial charge in [-0.25, -0.2) is 4.79 Å². The zero-order valence-electron chi connectivity index (χ0n) is 15.3. The molecule has 0 spiro atoms. The number of hydrogen-bond acceptors (Lipinski definition) is 4. The topological polar surface area (TPSA) is 52.6 Å². The van der Waals surface area contributed by atoms with Crippen LogP contribution in [0.4, 0.5) is 26.3 Å². The molecule has 0 radical (unpaired) electrons. The van der Waals surface area contributed by atoms with E-state index in [2.05, 4.69) is 9.47 Å². The van der Waals surface area contributed by atoms with E-state index in [4.69, 9.17) is 0 Å². The molecule has 0 aromatic carbocycles. The highest BCUT2D eigenvalue weighted by atomic mass is 19.3. The predicted molar refractivity (Wildman–Crippen MR) is 83.0 cm³/mol. The molecular formula is C18H22F6O4. The van der Waals surface area contributed by atoms with Crippen molar-refractivity contribution in [2.24, 2.45) is 23.2 Å². The maximum Gasteiger partial charge on any atom is 0.376 e. The Labute approximate surface area is 157 Å². The fourth-order valence-electron chi connectivity index (χ4n) is 5.16. The van der Waals surface area contributed by atoms with Gasteiger partial charge in [-0.05, 0) is 56.3 Å². The van der Waals surface area contributed by atoms with E-state index in [-0.39, 0.29) is 6.92 Å². The highest BCUT2D eigenvalue weighted by Gasteiger charge is 2.60. The van der Waals surface area contributed by atoms with Crippen LogP contribution in [-0.4, -0.2) is 42.9 Å². The van der Waals surface area contributed by atoms with E-state index in [0.29, 0.717) is 37.0 Å². The molecule has 28 heavy (non-hydrogen) atoms. The second-order valence-electron chi connectivity index (χ2n) is 8.65. The van der Waals surface area contributed by atoms with Crippen molar-refractivity contribution < 1.29 is 45.4 Å². The van der Waals surface area contributed by atoms with Crippen LogP contribution < -0.4 is 0 Å². The molecule has 4 fully saturated rings. The second kappa shape index (κ2) is 6.79. The van der Waals surface area contributed by atoms with E-state index in [1.54, 1.807) is 0 Å². The molecule has 0 N–H and O–H groups in total. The Kier molecular flexibility index (Phi) is 5.15. The second-order valence-corrected chi connectivity index (χ2v) is 8.65. The highest BCUT2D eigenvalue weighted by Crippen LogP contribution is 2.60. The molecule has 160 valence electrons. The van der Waals surface area contributed by atoms with Crippen molar-refractivity contribution in [1.82, 2.24) is 0 Å². The van der Waals surface area contributed by atoms with Crippen LogP contribution in [0.25, 0.3) is 0 Å². The number of carbonyl (C=O) groups is 2. The lowest BCUT2D eigenvalue weighted by Crippen LogP contribution is -2.53. The molecule has 4 saturated carbocycles. The van der Waals surface area contributed by atoms with E-state index in [1.807, 2.05) is 0 Å². The molecule has 10 heteroatoms. The zero-order valence-corrected chi connectivity index (χ0v) is 15.3. The van der Waals surface area contributed by atoms with Gasteiger partial charge in [-0.3, -0.25) is 4.79 Å². The summed E-state index contributed by atoms with van der Waals surface area (Å²) in [5.74, 6) is -16.2. The van der Waals surface area contributed by atoms with Crippen molar-refractivity contribution in [1.29, 1.82) is 0 Å². The van der Waals surface area contributed by atoms with Crippen LogP contribution in [0.1, 0.15) is 45.4 Å². The lowest BCUT2D eigenvalue weighted by atomic mass is 9.49. The maximum absolute atomic E-state index is 13.9. The minimum Gasteiger partial charge on any atom is -0.459 e. The molecule has 0 aromatic heterocycles. The normalized spacial score (nSPS) is 32.3. The minimum atomic E-state index is -4.96. The summed E-state index contributed by atoms with van der Waals surface area (Å²) in [6.45, 7) is -4.04. The highest BCUT2D eigenvalue weighted by molar-refractivity contribution is 5.78. The van der Waals surface area contributed by atoms with E-state index in [0.717, 1.165) is 19.3 Å². The molecule has 4 bridgehead atoms. The zero-order chi connectivity index (χ0) is 21.0. The van der Waals surface area contributed by atoms with Gasteiger partial charge in [-0.1, -0.05) is 0 Å². The average molecular weight is 416 g/mol. The predicted octanol–water partition coefficient (Wildman–Crippen LogP) is 4.22.